The number of amides is 2. The Hall–Kier alpha value is -3.44. The summed E-state index contributed by atoms with van der Waals surface area (Å²) in [6, 6.07) is 10.5. The van der Waals surface area contributed by atoms with Crippen LogP contribution in [0.1, 0.15) is 57.5 Å². The Morgan fingerprint density at radius 3 is 2.59 bits per heavy atom. The number of hydrogen-bond donors (Lipinski definition) is 2. The number of urea groups is 1. The van der Waals surface area contributed by atoms with Crippen LogP contribution in [-0.4, -0.2) is 74.2 Å². The summed E-state index contributed by atoms with van der Waals surface area (Å²) < 4.78 is 44.1. The van der Waals surface area contributed by atoms with Gasteiger partial charge >= 0.3 is 6.03 Å². The van der Waals surface area contributed by atoms with Crippen LogP contribution < -0.4 is 5.73 Å². The Kier molecular flexibility index (Phi) is 9.70. The molecule has 2 heterocycles. The van der Waals surface area contributed by atoms with Gasteiger partial charge in [-0.05, 0) is 48.4 Å². The maximum absolute atomic E-state index is 14.9. The summed E-state index contributed by atoms with van der Waals surface area (Å²) in [7, 11) is 0. The molecule has 3 atom stereocenters. The molecule has 3 aromatic rings. The lowest BCUT2D eigenvalue weighted by molar-refractivity contribution is 0.0704. The van der Waals surface area contributed by atoms with E-state index < -0.39 is 35.8 Å². The van der Waals surface area contributed by atoms with Gasteiger partial charge in [0.1, 0.15) is 18.3 Å². The monoisotopic (exact) mass is 572 g/mol. The van der Waals surface area contributed by atoms with Gasteiger partial charge in [0, 0.05) is 19.1 Å². The van der Waals surface area contributed by atoms with Crippen LogP contribution in [-0.2, 0) is 6.54 Å². The Balaban J connectivity index is 1.87. The predicted octanol–water partition coefficient (Wildman–Crippen LogP) is 4.92. The van der Waals surface area contributed by atoms with E-state index in [4.69, 9.17) is 10.7 Å². The van der Waals surface area contributed by atoms with Gasteiger partial charge < -0.3 is 20.6 Å². The highest BCUT2D eigenvalue weighted by molar-refractivity contribution is 5.76. The van der Waals surface area contributed by atoms with Gasteiger partial charge in [-0.15, -0.1) is 0 Å². The average Bonchev–Trinajstić information content (AvgIpc) is 3.58. The molecular formula is C30H39F3N6O2. The summed E-state index contributed by atoms with van der Waals surface area (Å²) in [5, 5.41) is 14.6. The van der Waals surface area contributed by atoms with Gasteiger partial charge in [0.25, 0.3) is 0 Å². The standard InChI is InChI=1S/C30H39F3N6O2/c1-30(2,3)26(38(15-13-22(34)17-31)29(41)37-14-7-10-23(37)19-40)28-35-27(24-16-21(32)11-12-25(24)33)36-39(28)18-20-8-5-4-6-9-20/h4-6,8-9,11-12,16,22-23,26,40H,7,10,13-15,17-19,34H2,1-3H3/t22-,23-,26?/m0/s1. The fraction of sp³-hybridized carbons (Fsp3) is 0.500. The second-order valence-electron chi connectivity index (χ2n) is 11.7. The predicted molar refractivity (Wildman–Crippen MR) is 151 cm³/mol. The third kappa shape index (κ3) is 7.08. The molecule has 8 nitrogen and oxygen atoms in total. The fourth-order valence-electron chi connectivity index (χ4n) is 5.37. The molecule has 4 rings (SSSR count). The van der Waals surface area contributed by atoms with E-state index in [9.17, 15) is 23.1 Å². The molecule has 1 aliphatic rings. The zero-order valence-corrected chi connectivity index (χ0v) is 23.8. The Morgan fingerprint density at radius 2 is 1.93 bits per heavy atom. The van der Waals surface area contributed by atoms with Crippen molar-refractivity contribution in [1.29, 1.82) is 0 Å². The van der Waals surface area contributed by atoms with Crippen molar-refractivity contribution >= 4 is 6.03 Å². The lowest BCUT2D eigenvalue weighted by Crippen LogP contribution is -2.52. The van der Waals surface area contributed by atoms with Crippen LogP contribution in [0.15, 0.2) is 48.5 Å². The van der Waals surface area contributed by atoms with Crippen LogP contribution in [0, 0.1) is 17.0 Å². The van der Waals surface area contributed by atoms with E-state index in [0.717, 1.165) is 30.2 Å². The first-order chi connectivity index (χ1) is 19.5. The van der Waals surface area contributed by atoms with Crippen LogP contribution in [0.3, 0.4) is 0 Å². The van der Waals surface area contributed by atoms with Crippen molar-refractivity contribution in [3.63, 3.8) is 0 Å². The zero-order chi connectivity index (χ0) is 29.7. The number of benzene rings is 2. The van der Waals surface area contributed by atoms with Crippen molar-refractivity contribution in [3.05, 3.63) is 71.6 Å². The summed E-state index contributed by atoms with van der Waals surface area (Å²) in [6.07, 6.45) is 1.63. The first-order valence-corrected chi connectivity index (χ1v) is 14.0. The second kappa shape index (κ2) is 13.0. The lowest BCUT2D eigenvalue weighted by atomic mass is 9.84. The minimum Gasteiger partial charge on any atom is -0.394 e. The van der Waals surface area contributed by atoms with Crippen molar-refractivity contribution in [3.8, 4) is 11.4 Å². The number of nitrogens with zero attached hydrogens (tertiary/aromatic N) is 5. The van der Waals surface area contributed by atoms with Gasteiger partial charge in [0.2, 0.25) is 0 Å². The van der Waals surface area contributed by atoms with Crippen molar-refractivity contribution in [1.82, 2.24) is 24.6 Å². The van der Waals surface area contributed by atoms with E-state index in [1.54, 1.807) is 14.5 Å². The summed E-state index contributed by atoms with van der Waals surface area (Å²) >= 11 is 0. The SMILES string of the molecule is CC(C)(C)C(c1nc(-c2cc(F)ccc2F)nn1Cc1ccccc1)N(CC[C@H](N)CF)C(=O)N1CCC[C@H]1CO. The molecule has 1 saturated heterocycles. The third-order valence-electron chi connectivity index (χ3n) is 7.44. The quantitative estimate of drug-likeness (QED) is 0.359. The van der Waals surface area contributed by atoms with Gasteiger partial charge in [-0.3, -0.25) is 0 Å². The maximum Gasteiger partial charge on any atom is 0.320 e. The van der Waals surface area contributed by atoms with E-state index in [0.29, 0.717) is 18.8 Å². The number of alkyl halides is 1. The molecule has 0 radical (unpaired) electrons. The summed E-state index contributed by atoms with van der Waals surface area (Å²) in [5.41, 5.74) is 6.12. The van der Waals surface area contributed by atoms with Crippen LogP contribution in [0.5, 0.6) is 0 Å². The van der Waals surface area contributed by atoms with Crippen molar-refractivity contribution in [2.45, 2.75) is 64.7 Å². The Bertz CT molecular complexity index is 1310. The Morgan fingerprint density at radius 1 is 1.20 bits per heavy atom. The molecule has 0 aliphatic carbocycles. The van der Waals surface area contributed by atoms with Crippen LogP contribution in [0.4, 0.5) is 18.0 Å². The molecule has 222 valence electrons. The molecule has 11 heteroatoms. The maximum atomic E-state index is 14.9. The number of aliphatic hydroxyl groups is 1. The molecule has 1 fully saturated rings. The number of halogens is 3. The number of carbonyl (C=O) groups excluding carboxylic acids is 1. The number of carbonyl (C=O) groups is 1. The van der Waals surface area contributed by atoms with Crippen LogP contribution in [0.25, 0.3) is 11.4 Å². The van der Waals surface area contributed by atoms with E-state index in [2.05, 4.69) is 5.10 Å². The highest BCUT2D eigenvalue weighted by Gasteiger charge is 2.42. The molecule has 2 amide bonds. The van der Waals surface area contributed by atoms with Gasteiger partial charge in [0.15, 0.2) is 11.6 Å². The number of aliphatic hydroxyl groups excluding tert-OH is 1. The summed E-state index contributed by atoms with van der Waals surface area (Å²) in [5.74, 6) is -0.936. The molecule has 1 aliphatic heterocycles. The van der Waals surface area contributed by atoms with Crippen LogP contribution in [0.2, 0.25) is 0 Å². The first kappa shape index (κ1) is 30.5. The van der Waals surface area contributed by atoms with Crippen molar-refractivity contribution in [2.75, 3.05) is 26.4 Å². The summed E-state index contributed by atoms with van der Waals surface area (Å²) in [6.45, 7) is 5.81. The molecular weight excluding hydrogens is 533 g/mol. The molecule has 0 spiro atoms. The van der Waals surface area contributed by atoms with Crippen molar-refractivity contribution < 1.29 is 23.1 Å². The second-order valence-corrected chi connectivity index (χ2v) is 11.7. The molecule has 1 unspecified atom stereocenters. The van der Waals surface area contributed by atoms with E-state index in [-0.39, 0.29) is 49.6 Å². The minimum absolute atomic E-state index is 0.00977. The topological polar surface area (TPSA) is 101 Å². The van der Waals surface area contributed by atoms with E-state index in [1.807, 2.05) is 51.1 Å². The van der Waals surface area contributed by atoms with E-state index >= 15 is 0 Å². The average molecular weight is 573 g/mol. The molecule has 0 bridgehead atoms. The van der Waals surface area contributed by atoms with Gasteiger partial charge in [0.05, 0.1) is 30.8 Å². The van der Waals surface area contributed by atoms with Gasteiger partial charge in [-0.1, -0.05) is 51.1 Å². The molecule has 3 N–H and O–H groups in total. The van der Waals surface area contributed by atoms with Crippen molar-refractivity contribution in [2.24, 2.45) is 11.1 Å². The number of likely N-dealkylation sites (tertiary alicyclic amines) is 1. The molecule has 0 saturated carbocycles. The normalized spacial score (nSPS) is 17.1. The van der Waals surface area contributed by atoms with Gasteiger partial charge in [-0.25, -0.2) is 27.6 Å². The largest absolute Gasteiger partial charge is 0.394 e. The highest BCUT2D eigenvalue weighted by Crippen LogP contribution is 2.40. The molecule has 2 aromatic carbocycles. The zero-order valence-electron chi connectivity index (χ0n) is 23.8. The molecule has 41 heavy (non-hydrogen) atoms. The third-order valence-corrected chi connectivity index (χ3v) is 7.44. The number of nitrogens with two attached hydrogens (primary N) is 1. The molecule has 1 aromatic heterocycles. The van der Waals surface area contributed by atoms with E-state index in [1.165, 1.54) is 0 Å². The number of aromatic nitrogens is 3. The Labute approximate surface area is 239 Å². The fourth-order valence-corrected chi connectivity index (χ4v) is 5.37. The summed E-state index contributed by atoms with van der Waals surface area (Å²) in [4.78, 5) is 22.2. The number of rotatable bonds is 10. The highest BCUT2D eigenvalue weighted by atomic mass is 19.1. The smallest absolute Gasteiger partial charge is 0.320 e. The van der Waals surface area contributed by atoms with Gasteiger partial charge in [-0.2, -0.15) is 5.10 Å². The van der Waals surface area contributed by atoms with Crippen LogP contribution >= 0.6 is 0 Å². The minimum atomic E-state index is -0.766. The lowest BCUT2D eigenvalue weighted by Gasteiger charge is -2.42. The number of hydrogen-bond acceptors (Lipinski definition) is 5. The first-order valence-electron chi connectivity index (χ1n) is 14.0.